The second kappa shape index (κ2) is 37.0. The Hall–Kier alpha value is -9.58. The molecule has 5 heterocycles. The third-order valence-corrected chi connectivity index (χ3v) is 18.7. The van der Waals surface area contributed by atoms with Crippen LogP contribution in [0.15, 0.2) is 146 Å². The van der Waals surface area contributed by atoms with Crippen LogP contribution in [0.3, 0.4) is 0 Å². The number of aryl methyl sites for hydroxylation is 10. The van der Waals surface area contributed by atoms with Gasteiger partial charge in [0.15, 0.2) is 27.3 Å². The molecule has 0 unspecified atom stereocenters. The minimum Gasteiger partial charge on any atom is -0.508 e. The van der Waals surface area contributed by atoms with Crippen molar-refractivity contribution in [3.05, 3.63) is 165 Å². The lowest BCUT2D eigenvalue weighted by Gasteiger charge is -2.15. The fourth-order valence-corrected chi connectivity index (χ4v) is 12.4. The van der Waals surface area contributed by atoms with Crippen molar-refractivity contribution in [1.82, 2.24) is 46.5 Å². The van der Waals surface area contributed by atoms with Crippen molar-refractivity contribution in [2.24, 2.45) is 74.1 Å². The van der Waals surface area contributed by atoms with Crippen LogP contribution in [0.5, 0.6) is 51.7 Å². The zero-order valence-corrected chi connectivity index (χ0v) is 63.0. The van der Waals surface area contributed by atoms with E-state index < -0.39 is 19.1 Å². The fraction of sp³-hybridized carbons (Fsp3) is 0.384. The summed E-state index contributed by atoms with van der Waals surface area (Å²) in [4.78, 5) is 44.4. The molecule has 0 saturated heterocycles. The molecule has 0 amide bonds. The average molecular weight is 1550 g/mol. The topological polar surface area (TPSA) is 315 Å². The maximum Gasteiger partial charge on any atom is 0.328 e. The van der Waals surface area contributed by atoms with Gasteiger partial charge in [0.1, 0.15) is 46.1 Å². The van der Waals surface area contributed by atoms with E-state index in [0.29, 0.717) is 93.6 Å². The number of ether oxygens (including phenoxy) is 5. The number of hydrogen-bond donors (Lipinski definition) is 4. The number of phenols is 1. The van der Waals surface area contributed by atoms with Gasteiger partial charge in [0.25, 0.3) is 19.1 Å². The number of phenolic OH excluding ortho intramolecular Hbond substituents is 1. The van der Waals surface area contributed by atoms with Gasteiger partial charge in [0.05, 0.1) is 63.4 Å². The van der Waals surface area contributed by atoms with Crippen LogP contribution >= 0.6 is 26.6 Å². The summed E-state index contributed by atoms with van der Waals surface area (Å²) in [6.45, 7) is 17.7. The molecule has 0 saturated carbocycles. The first-order valence-electron chi connectivity index (χ1n) is 31.9. The van der Waals surface area contributed by atoms with Gasteiger partial charge in [0, 0.05) is 121 Å². The van der Waals surface area contributed by atoms with Crippen molar-refractivity contribution >= 4 is 95.8 Å². The minimum atomic E-state index is -4.02. The third-order valence-electron chi connectivity index (χ3n) is 15.8. The molecule has 0 radical (unpaired) electrons. The van der Waals surface area contributed by atoms with Gasteiger partial charge in [-0.2, -0.15) is 8.42 Å². The van der Waals surface area contributed by atoms with Crippen LogP contribution in [0.1, 0.15) is 94.7 Å². The van der Waals surface area contributed by atoms with E-state index in [-0.39, 0.29) is 66.6 Å². The predicted molar refractivity (Wildman–Crippen MR) is 418 cm³/mol. The summed E-state index contributed by atoms with van der Waals surface area (Å²) >= 11 is 3.35. The van der Waals surface area contributed by atoms with Gasteiger partial charge in [-0.05, 0) is 105 Å². The highest BCUT2D eigenvalue weighted by molar-refractivity contribution is 9.09. The monoisotopic (exact) mass is 1550 g/mol. The molecule has 0 aliphatic rings. The number of nitrogens with one attached hydrogen (secondary N) is 1. The van der Waals surface area contributed by atoms with Crippen molar-refractivity contribution in [2.45, 2.75) is 107 Å². The van der Waals surface area contributed by atoms with Crippen molar-refractivity contribution in [1.29, 1.82) is 0 Å². The number of anilines is 3. The number of hydrogen-bond acceptors (Lipinski definition) is 17. The maximum atomic E-state index is 13.2. The molecule has 6 aromatic carbocycles. The normalized spacial score (nSPS) is 11.1. The van der Waals surface area contributed by atoms with Crippen molar-refractivity contribution < 1.29 is 45.6 Å². The highest BCUT2D eigenvalue weighted by Crippen LogP contribution is 2.38. The van der Waals surface area contributed by atoms with Crippen LogP contribution in [0.25, 0.3) is 33.1 Å². The van der Waals surface area contributed by atoms with Gasteiger partial charge in [-0.1, -0.05) is 98.0 Å². The Morgan fingerprint density at radius 2 is 0.816 bits per heavy atom. The number of aromatic hydroxyl groups is 1. The molecule has 562 valence electrons. The number of nitrogens with zero attached hydrogens (tertiary/aromatic N) is 10. The van der Waals surface area contributed by atoms with Crippen LogP contribution in [0.4, 0.5) is 17.1 Å². The molecule has 0 spiro atoms. The number of aromatic nitrogens is 10. The van der Waals surface area contributed by atoms with Gasteiger partial charge in [-0.3, -0.25) is 32.1 Å². The number of alkyl halides is 1. The summed E-state index contributed by atoms with van der Waals surface area (Å²) in [6, 6.07) is 31.3. The number of rotatable bonds is 20. The number of fused-ring (bicyclic) bond motifs is 3. The second-order valence-corrected chi connectivity index (χ2v) is 29.9. The molecule has 5 aromatic heterocycles. The molecule has 30 heteroatoms. The molecule has 26 nitrogen and oxygen atoms in total. The number of benzene rings is 6. The molecule has 0 bridgehead atoms. The van der Waals surface area contributed by atoms with Crippen molar-refractivity contribution in [2.75, 3.05) is 34.7 Å². The first-order valence-corrected chi connectivity index (χ1v) is 36.8. The molecular formula is C73H101BrClN13O13S2. The molecule has 0 atom stereocenters. The first-order chi connectivity index (χ1) is 47.0. The lowest BCUT2D eigenvalue weighted by molar-refractivity contribution is 0.288. The van der Waals surface area contributed by atoms with E-state index >= 15 is 0 Å². The van der Waals surface area contributed by atoms with E-state index in [2.05, 4.69) is 72.2 Å². The van der Waals surface area contributed by atoms with Crippen LogP contribution in [-0.4, -0.2) is 87.0 Å². The van der Waals surface area contributed by atoms with E-state index in [4.69, 9.17) is 45.8 Å². The molecule has 6 N–H and O–H groups in total. The zero-order valence-electron chi connectivity index (χ0n) is 59.1. The maximum absolute atomic E-state index is 13.2. The van der Waals surface area contributed by atoms with E-state index in [1.54, 1.807) is 161 Å². The molecule has 0 aliphatic carbocycles. The highest BCUT2D eigenvalue weighted by atomic mass is 79.9. The smallest absolute Gasteiger partial charge is 0.328 e. The molecular weight excluding hydrogens is 1450 g/mol. The molecule has 103 heavy (non-hydrogen) atoms. The average Bonchev–Trinajstić information content (AvgIpc) is 1.64. The van der Waals surface area contributed by atoms with Crippen LogP contribution in [0, 0.1) is 31.6 Å². The van der Waals surface area contributed by atoms with E-state index in [9.17, 15) is 36.3 Å². The van der Waals surface area contributed by atoms with Crippen molar-refractivity contribution in [3.8, 4) is 51.7 Å². The summed E-state index contributed by atoms with van der Waals surface area (Å²) in [7, 11) is 10.9. The van der Waals surface area contributed by atoms with E-state index in [0.717, 1.165) is 51.9 Å². The van der Waals surface area contributed by atoms with Crippen molar-refractivity contribution in [3.63, 3.8) is 0 Å². The van der Waals surface area contributed by atoms with Crippen LogP contribution in [-0.2, 0) is 75.5 Å². The second-order valence-electron chi connectivity index (χ2n) is 25.0. The van der Waals surface area contributed by atoms with Gasteiger partial charge >= 0.3 is 17.1 Å². The minimum absolute atomic E-state index is 0. The van der Waals surface area contributed by atoms with E-state index in [1.165, 1.54) is 43.1 Å². The number of sulfonamides is 1. The van der Waals surface area contributed by atoms with Gasteiger partial charge in [0.2, 0.25) is 0 Å². The summed E-state index contributed by atoms with van der Waals surface area (Å²) in [5.41, 5.74) is 16.9. The number of halogens is 2. The van der Waals surface area contributed by atoms with Crippen LogP contribution < -0.4 is 56.9 Å². The number of nitrogen functional groups attached to an aromatic ring is 2. The molecule has 11 rings (SSSR count). The Labute approximate surface area is 616 Å². The Morgan fingerprint density at radius 3 is 1.15 bits per heavy atom. The Bertz CT molecular complexity index is 5080. The summed E-state index contributed by atoms with van der Waals surface area (Å²) in [5, 5.41) is 10.4. The summed E-state index contributed by atoms with van der Waals surface area (Å²) in [5.74, 6) is 7.42. The number of imidazole rings is 5. The SMILES string of the molecule is C.C.C.CC(C)CCBr.CC(C)CCOc1cccc(Oc2cc3c(cc2N)n(C)c(=O)n3C)c1.Cc1nc(S(=O)(=O)Cl)cn1C.Cc1nc(S(=O)(=O)Nc2cc3c(cc2Oc2cccc(OCCC(C)C)c2)n(C)c(=O)n3C)cn1C.Cn1c(=O)n(C)c2cc(Oc3cccc(O)c3)c(N)cc21. The summed E-state index contributed by atoms with van der Waals surface area (Å²) < 4.78 is 92.0. The Balaban J connectivity index is 0.000000296. The van der Waals surface area contributed by atoms with Gasteiger partial charge in [-0.15, -0.1) is 0 Å². The van der Waals surface area contributed by atoms with Gasteiger partial charge < -0.3 is 49.4 Å². The lowest BCUT2D eigenvalue weighted by atomic mass is 10.1. The Morgan fingerprint density at radius 1 is 0.485 bits per heavy atom. The molecule has 0 aliphatic heterocycles. The number of nitrogens with two attached hydrogens (primary N) is 2. The predicted octanol–water partition coefficient (Wildman–Crippen LogP) is 14.6. The van der Waals surface area contributed by atoms with Gasteiger partial charge in [-0.25, -0.2) is 32.8 Å². The molecule has 0 fully saturated rings. The lowest BCUT2D eigenvalue weighted by Crippen LogP contribution is -2.19. The third kappa shape index (κ3) is 22.2. The fourth-order valence-electron chi connectivity index (χ4n) is 9.67. The first kappa shape index (κ1) is 85.8. The largest absolute Gasteiger partial charge is 0.508 e. The summed E-state index contributed by atoms with van der Waals surface area (Å²) in [6.07, 6.45) is 6.02. The van der Waals surface area contributed by atoms with Crippen LogP contribution in [0.2, 0.25) is 0 Å². The Kier molecular flexibility index (Phi) is 30.9. The van der Waals surface area contributed by atoms with E-state index in [1.807, 2.05) is 30.3 Å². The standard InChI is InChI=1S/C25H31N5O5S.C20H25N3O3.C15H15N3O3.C5H11Br.C5H7ClN2O2S.3CH4/c1-16(2)10-11-34-18-8-7-9-19(12-18)35-23-14-22-21(29(5)25(31)30(22)6)13-20(23)27-36(32,33)24-15-28(4)17(3)26-24;1-13(2)8-9-25-14-6-5-7-15(10-14)26-19-12-18-17(11-16(19)21)22(3)20(24)23(18)4;1-17-12-7-11(16)14(8-13(12)18(2)15(17)20)21-10-5-3-4-9(19)6-10;1-5(2)3-4-6;1-4-7-5(3-8(4)2)11(6,9)10;;;/h7-9,12-16,27H,10-11H2,1-6H3;5-7,10-13H,8-9,21H2,1-4H3;3-8,19H,16H2,1-2H3;5H,3-4H2,1-2H3;3H,1-2H3;3*1H4. The quantitative estimate of drug-likeness (QED) is 0.0313. The zero-order chi connectivity index (χ0) is 73.8. The highest BCUT2D eigenvalue weighted by Gasteiger charge is 2.24. The molecule has 11 aromatic rings.